The molecule has 0 aliphatic rings. The minimum absolute atomic E-state index is 0.162. The third-order valence-electron chi connectivity index (χ3n) is 2.66. The molecule has 0 aliphatic heterocycles. The number of alkyl halides is 3. The molecule has 0 radical (unpaired) electrons. The molecule has 7 heteroatoms. The number of halogens is 4. The number of benzene rings is 1. The number of aromatic nitrogens is 1. The van der Waals surface area contributed by atoms with Gasteiger partial charge in [-0.25, -0.2) is 4.98 Å². The predicted molar refractivity (Wildman–Crippen MR) is 72.7 cm³/mol. The van der Waals surface area contributed by atoms with Crippen molar-refractivity contribution >= 4 is 11.6 Å². The SMILES string of the molecule is COc1ncc(Cl)cc1-c1ccc(C)cc1OC(F)(F)F. The van der Waals surface area contributed by atoms with Crippen LogP contribution >= 0.6 is 11.6 Å². The zero-order valence-electron chi connectivity index (χ0n) is 11.2. The Balaban J connectivity index is 2.61. The summed E-state index contributed by atoms with van der Waals surface area (Å²) in [5.74, 6) is -0.167. The van der Waals surface area contributed by atoms with Crippen molar-refractivity contribution in [3.63, 3.8) is 0 Å². The Bertz CT molecular complexity index is 659. The standard InChI is InChI=1S/C14H11ClF3NO2/c1-8-3-4-10(12(5-8)21-14(16,17)18)11-6-9(15)7-19-13(11)20-2/h3-7H,1-2H3. The first-order valence-corrected chi connectivity index (χ1v) is 6.24. The van der Waals surface area contributed by atoms with Gasteiger partial charge in [-0.15, -0.1) is 13.2 Å². The molecule has 0 saturated heterocycles. The van der Waals surface area contributed by atoms with Crippen LogP contribution in [0.1, 0.15) is 5.56 Å². The number of methoxy groups -OCH3 is 1. The zero-order valence-corrected chi connectivity index (χ0v) is 11.9. The number of ether oxygens (including phenoxy) is 2. The lowest BCUT2D eigenvalue weighted by Gasteiger charge is -2.15. The second kappa shape index (κ2) is 5.81. The first-order valence-electron chi connectivity index (χ1n) is 5.86. The number of hydrogen-bond donors (Lipinski definition) is 0. The van der Waals surface area contributed by atoms with E-state index >= 15 is 0 Å². The Morgan fingerprint density at radius 1 is 1.14 bits per heavy atom. The lowest BCUT2D eigenvalue weighted by atomic mass is 10.0. The average molecular weight is 318 g/mol. The van der Waals surface area contributed by atoms with Crippen molar-refractivity contribution in [2.75, 3.05) is 7.11 Å². The normalized spacial score (nSPS) is 11.3. The van der Waals surface area contributed by atoms with E-state index in [1.54, 1.807) is 13.0 Å². The maximum Gasteiger partial charge on any atom is 0.573 e. The Labute approximate surface area is 124 Å². The fourth-order valence-corrected chi connectivity index (χ4v) is 2.00. The first kappa shape index (κ1) is 15.4. The zero-order chi connectivity index (χ0) is 15.6. The molecule has 0 fully saturated rings. The quantitative estimate of drug-likeness (QED) is 0.828. The van der Waals surface area contributed by atoms with Crippen LogP contribution in [-0.4, -0.2) is 18.5 Å². The minimum atomic E-state index is -4.79. The van der Waals surface area contributed by atoms with E-state index in [2.05, 4.69) is 9.72 Å². The highest BCUT2D eigenvalue weighted by atomic mass is 35.5. The fraction of sp³-hybridized carbons (Fsp3) is 0.214. The Hall–Kier alpha value is -1.95. The summed E-state index contributed by atoms with van der Waals surface area (Å²) in [6, 6.07) is 5.94. The van der Waals surface area contributed by atoms with Crippen LogP contribution in [0.25, 0.3) is 11.1 Å². The maximum absolute atomic E-state index is 12.5. The Morgan fingerprint density at radius 3 is 2.48 bits per heavy atom. The van der Waals surface area contributed by atoms with Gasteiger partial charge in [0.25, 0.3) is 0 Å². The van der Waals surface area contributed by atoms with Gasteiger partial charge in [0.1, 0.15) is 5.75 Å². The highest BCUT2D eigenvalue weighted by Gasteiger charge is 2.32. The minimum Gasteiger partial charge on any atom is -0.481 e. The number of aryl methyl sites for hydroxylation is 1. The average Bonchev–Trinajstić information content (AvgIpc) is 2.37. The molecule has 112 valence electrons. The molecule has 1 aromatic carbocycles. The van der Waals surface area contributed by atoms with Crippen LogP contribution in [0.15, 0.2) is 30.5 Å². The van der Waals surface area contributed by atoms with Crippen LogP contribution in [0, 0.1) is 6.92 Å². The molecule has 0 bridgehead atoms. The second-order valence-electron chi connectivity index (χ2n) is 4.26. The van der Waals surface area contributed by atoms with Gasteiger partial charge in [0, 0.05) is 17.3 Å². The highest BCUT2D eigenvalue weighted by Crippen LogP contribution is 2.39. The molecular formula is C14H11ClF3NO2. The molecule has 0 N–H and O–H groups in total. The van der Waals surface area contributed by atoms with Crippen molar-refractivity contribution in [1.29, 1.82) is 0 Å². The van der Waals surface area contributed by atoms with E-state index in [9.17, 15) is 13.2 Å². The van der Waals surface area contributed by atoms with Gasteiger partial charge in [-0.05, 0) is 24.6 Å². The molecular weight excluding hydrogens is 307 g/mol. The summed E-state index contributed by atoms with van der Waals surface area (Å²) in [6.45, 7) is 1.67. The number of rotatable bonds is 3. The third kappa shape index (κ3) is 3.78. The van der Waals surface area contributed by atoms with Crippen molar-refractivity contribution in [2.45, 2.75) is 13.3 Å². The molecule has 0 amide bonds. The van der Waals surface area contributed by atoms with Gasteiger partial charge in [-0.1, -0.05) is 23.7 Å². The van der Waals surface area contributed by atoms with Crippen LogP contribution in [-0.2, 0) is 0 Å². The van der Waals surface area contributed by atoms with E-state index in [1.807, 2.05) is 0 Å². The van der Waals surface area contributed by atoms with E-state index < -0.39 is 6.36 Å². The molecule has 0 aliphatic carbocycles. The molecule has 0 atom stereocenters. The van der Waals surface area contributed by atoms with Gasteiger partial charge in [0.05, 0.1) is 12.1 Å². The van der Waals surface area contributed by atoms with Crippen molar-refractivity contribution < 1.29 is 22.6 Å². The molecule has 3 nitrogen and oxygen atoms in total. The van der Waals surface area contributed by atoms with Crippen molar-refractivity contribution in [3.05, 3.63) is 41.0 Å². The summed E-state index contributed by atoms with van der Waals surface area (Å²) in [5.41, 5.74) is 1.15. The van der Waals surface area contributed by atoms with Gasteiger partial charge < -0.3 is 9.47 Å². The van der Waals surface area contributed by atoms with Gasteiger partial charge in [0.2, 0.25) is 5.88 Å². The summed E-state index contributed by atoms with van der Waals surface area (Å²) >= 11 is 5.86. The largest absolute Gasteiger partial charge is 0.573 e. The van der Waals surface area contributed by atoms with Crippen molar-refractivity contribution in [1.82, 2.24) is 4.98 Å². The van der Waals surface area contributed by atoms with Crippen LogP contribution in [0.2, 0.25) is 5.02 Å². The smallest absolute Gasteiger partial charge is 0.481 e. The lowest BCUT2D eigenvalue weighted by molar-refractivity contribution is -0.274. The van der Waals surface area contributed by atoms with E-state index in [1.165, 1.54) is 31.5 Å². The maximum atomic E-state index is 12.5. The summed E-state index contributed by atoms with van der Waals surface area (Å²) in [4.78, 5) is 3.94. The monoisotopic (exact) mass is 317 g/mol. The molecule has 1 aromatic heterocycles. The number of hydrogen-bond acceptors (Lipinski definition) is 3. The van der Waals surface area contributed by atoms with E-state index in [-0.39, 0.29) is 22.2 Å². The van der Waals surface area contributed by atoms with Crippen LogP contribution < -0.4 is 9.47 Å². The predicted octanol–water partition coefficient (Wildman–Crippen LogP) is 4.62. The molecule has 2 aromatic rings. The summed E-state index contributed by atoms with van der Waals surface area (Å²) in [5, 5.41) is 0.282. The summed E-state index contributed by atoms with van der Waals surface area (Å²) < 4.78 is 46.8. The molecule has 0 unspecified atom stereocenters. The molecule has 2 rings (SSSR count). The third-order valence-corrected chi connectivity index (χ3v) is 2.87. The molecule has 0 saturated carbocycles. The molecule has 21 heavy (non-hydrogen) atoms. The fourth-order valence-electron chi connectivity index (χ4n) is 1.84. The van der Waals surface area contributed by atoms with Crippen molar-refractivity contribution in [2.24, 2.45) is 0 Å². The highest BCUT2D eigenvalue weighted by molar-refractivity contribution is 6.30. The second-order valence-corrected chi connectivity index (χ2v) is 4.69. The Morgan fingerprint density at radius 2 is 1.86 bits per heavy atom. The van der Waals surface area contributed by atoms with Crippen LogP contribution in [0.5, 0.6) is 11.6 Å². The lowest BCUT2D eigenvalue weighted by Crippen LogP contribution is -2.17. The Kier molecular flexibility index (Phi) is 4.27. The molecule has 0 spiro atoms. The topological polar surface area (TPSA) is 31.4 Å². The summed E-state index contributed by atoms with van der Waals surface area (Å²) in [7, 11) is 1.37. The first-order chi connectivity index (χ1) is 9.80. The van der Waals surface area contributed by atoms with Gasteiger partial charge >= 0.3 is 6.36 Å². The molecule has 1 heterocycles. The van der Waals surface area contributed by atoms with Gasteiger partial charge in [0.15, 0.2) is 0 Å². The number of nitrogens with zero attached hydrogens (tertiary/aromatic N) is 1. The van der Waals surface area contributed by atoms with E-state index in [0.717, 1.165) is 0 Å². The van der Waals surface area contributed by atoms with E-state index in [4.69, 9.17) is 16.3 Å². The summed E-state index contributed by atoms with van der Waals surface area (Å²) in [6.07, 6.45) is -3.44. The van der Waals surface area contributed by atoms with Gasteiger partial charge in [-0.2, -0.15) is 0 Å². The van der Waals surface area contributed by atoms with Crippen LogP contribution in [0.4, 0.5) is 13.2 Å². The van der Waals surface area contributed by atoms with Crippen LogP contribution in [0.3, 0.4) is 0 Å². The number of pyridine rings is 1. The van der Waals surface area contributed by atoms with Gasteiger partial charge in [-0.3, -0.25) is 0 Å². The van der Waals surface area contributed by atoms with Crippen molar-refractivity contribution in [3.8, 4) is 22.8 Å². The van der Waals surface area contributed by atoms with E-state index in [0.29, 0.717) is 11.1 Å².